The molecule has 10 heteroatoms. The van der Waals surface area contributed by atoms with Crippen LogP contribution < -0.4 is 5.32 Å². The minimum atomic E-state index is -4.51. The molecule has 31 heavy (non-hydrogen) atoms. The Morgan fingerprint density at radius 3 is 2.48 bits per heavy atom. The second kappa shape index (κ2) is 7.65. The van der Waals surface area contributed by atoms with Gasteiger partial charge in [0.1, 0.15) is 6.54 Å². The third kappa shape index (κ3) is 4.42. The summed E-state index contributed by atoms with van der Waals surface area (Å²) in [5.41, 5.74) is 1.88. The van der Waals surface area contributed by atoms with Gasteiger partial charge >= 0.3 is 6.18 Å². The zero-order valence-corrected chi connectivity index (χ0v) is 17.9. The number of amides is 1. The summed E-state index contributed by atoms with van der Waals surface area (Å²) in [6, 6.07) is 2.87. The molecule has 0 bridgehead atoms. The van der Waals surface area contributed by atoms with Crippen LogP contribution in [-0.2, 0) is 24.1 Å². The van der Waals surface area contributed by atoms with Gasteiger partial charge in [-0.1, -0.05) is 0 Å². The topological polar surface area (TPSA) is 77.6 Å². The zero-order chi connectivity index (χ0) is 22.5. The van der Waals surface area contributed by atoms with Crippen LogP contribution in [0.15, 0.2) is 12.1 Å². The van der Waals surface area contributed by atoms with Gasteiger partial charge in [-0.05, 0) is 52.7 Å². The monoisotopic (exact) mass is 434 g/mol. The number of aromatic nitrogens is 5. The fraction of sp³-hybridized carbons (Fsp3) is 0.524. The number of nitrogens with one attached hydrogen (secondary N) is 1. The van der Waals surface area contributed by atoms with E-state index in [-0.39, 0.29) is 41.1 Å². The Morgan fingerprint density at radius 2 is 1.90 bits per heavy atom. The van der Waals surface area contributed by atoms with Crippen molar-refractivity contribution in [3.8, 4) is 0 Å². The summed E-state index contributed by atoms with van der Waals surface area (Å²) in [4.78, 5) is 17.1. The number of halogens is 3. The molecule has 1 aliphatic rings. The highest BCUT2D eigenvalue weighted by molar-refractivity contribution is 5.85. The van der Waals surface area contributed by atoms with E-state index >= 15 is 0 Å². The number of rotatable bonds is 6. The molecule has 1 atom stereocenters. The Kier molecular flexibility index (Phi) is 5.26. The summed E-state index contributed by atoms with van der Waals surface area (Å²) in [5, 5.41) is 11.4. The van der Waals surface area contributed by atoms with Gasteiger partial charge < -0.3 is 5.32 Å². The second-order valence-electron chi connectivity index (χ2n) is 8.39. The Bertz CT molecular complexity index is 1140. The molecular weight excluding hydrogens is 409 g/mol. The number of alkyl halides is 3. The van der Waals surface area contributed by atoms with E-state index in [4.69, 9.17) is 0 Å². The van der Waals surface area contributed by atoms with Crippen molar-refractivity contribution >= 4 is 16.9 Å². The van der Waals surface area contributed by atoms with Crippen molar-refractivity contribution < 1.29 is 18.0 Å². The van der Waals surface area contributed by atoms with Gasteiger partial charge in [0.05, 0.1) is 28.9 Å². The predicted octanol–water partition coefficient (Wildman–Crippen LogP) is 3.65. The van der Waals surface area contributed by atoms with Crippen molar-refractivity contribution in [1.29, 1.82) is 0 Å². The van der Waals surface area contributed by atoms with Crippen LogP contribution in [0.2, 0.25) is 0 Å². The average Bonchev–Trinajstić information content (AvgIpc) is 3.39. The van der Waals surface area contributed by atoms with Crippen LogP contribution in [0.3, 0.4) is 0 Å². The van der Waals surface area contributed by atoms with Gasteiger partial charge in [0.2, 0.25) is 5.91 Å². The Hall–Kier alpha value is -2.91. The Morgan fingerprint density at radius 1 is 1.19 bits per heavy atom. The number of carbonyl (C=O) groups excluding carboxylic acids is 1. The van der Waals surface area contributed by atoms with Gasteiger partial charge in [-0.3, -0.25) is 9.48 Å². The van der Waals surface area contributed by atoms with E-state index in [0.29, 0.717) is 12.2 Å². The fourth-order valence-corrected chi connectivity index (χ4v) is 3.92. The van der Waals surface area contributed by atoms with Crippen LogP contribution >= 0.6 is 0 Å². The molecule has 1 fully saturated rings. The molecule has 3 heterocycles. The number of nitrogens with zero attached hydrogens (tertiary/aromatic N) is 5. The summed E-state index contributed by atoms with van der Waals surface area (Å²) in [6.07, 6.45) is -2.86. The molecule has 1 unspecified atom stereocenters. The van der Waals surface area contributed by atoms with E-state index in [1.807, 2.05) is 31.5 Å². The standard InChI is InChI=1S/C21H25F3N6O/c1-11-7-13(3)29(27-11)9-12(2)25-18(31)10-30-20-19(14(4)28-30)16(21(22,23)24)8-17(26-20)15-5-6-15/h7-8,12,15H,5-6,9-10H2,1-4H3,(H,25,31). The van der Waals surface area contributed by atoms with Crippen molar-refractivity contribution in [2.45, 2.75) is 71.8 Å². The number of fused-ring (bicyclic) bond motifs is 1. The number of carbonyl (C=O) groups is 1. The first-order valence-electron chi connectivity index (χ1n) is 10.3. The van der Waals surface area contributed by atoms with Crippen LogP contribution in [0.5, 0.6) is 0 Å². The first kappa shape index (κ1) is 21.3. The molecule has 1 saturated carbocycles. The Labute approximate surface area is 177 Å². The highest BCUT2D eigenvalue weighted by Gasteiger charge is 2.37. The summed E-state index contributed by atoms with van der Waals surface area (Å²) in [7, 11) is 0. The van der Waals surface area contributed by atoms with Gasteiger partial charge in [0.25, 0.3) is 0 Å². The van der Waals surface area contributed by atoms with E-state index in [1.54, 1.807) is 0 Å². The van der Waals surface area contributed by atoms with Crippen molar-refractivity contribution in [3.05, 3.63) is 40.5 Å². The molecule has 1 aliphatic carbocycles. The smallest absolute Gasteiger partial charge is 0.350 e. The average molecular weight is 434 g/mol. The molecular formula is C21H25F3N6O. The minimum absolute atomic E-state index is 0.0413. The van der Waals surface area contributed by atoms with Crippen LogP contribution in [0.1, 0.15) is 54.0 Å². The molecule has 166 valence electrons. The van der Waals surface area contributed by atoms with Gasteiger partial charge in [0.15, 0.2) is 5.65 Å². The van der Waals surface area contributed by atoms with E-state index in [2.05, 4.69) is 20.5 Å². The van der Waals surface area contributed by atoms with E-state index < -0.39 is 11.7 Å². The second-order valence-corrected chi connectivity index (χ2v) is 8.39. The van der Waals surface area contributed by atoms with Crippen LogP contribution in [-0.4, -0.2) is 36.5 Å². The third-order valence-corrected chi connectivity index (χ3v) is 5.45. The highest BCUT2D eigenvalue weighted by atomic mass is 19.4. The van der Waals surface area contributed by atoms with Crippen LogP contribution in [0.4, 0.5) is 13.2 Å². The summed E-state index contributed by atoms with van der Waals surface area (Å²) in [5.74, 6) is -0.297. The quantitative estimate of drug-likeness (QED) is 0.642. The Balaban J connectivity index is 1.57. The third-order valence-electron chi connectivity index (χ3n) is 5.45. The number of hydrogen-bond acceptors (Lipinski definition) is 4. The van der Waals surface area contributed by atoms with E-state index in [1.165, 1.54) is 11.6 Å². The maximum Gasteiger partial charge on any atom is 0.417 e. The SMILES string of the molecule is Cc1cc(C)n(CC(C)NC(=O)Cn2nc(C)c3c(C(F)(F)F)cc(C4CC4)nc32)n1. The molecule has 0 spiro atoms. The van der Waals surface area contributed by atoms with Crippen molar-refractivity contribution in [2.75, 3.05) is 0 Å². The molecule has 0 aromatic carbocycles. The summed E-state index contributed by atoms with van der Waals surface area (Å²) < 4.78 is 44.2. The summed E-state index contributed by atoms with van der Waals surface area (Å²) >= 11 is 0. The molecule has 1 amide bonds. The lowest BCUT2D eigenvalue weighted by Gasteiger charge is -2.15. The van der Waals surface area contributed by atoms with E-state index in [9.17, 15) is 18.0 Å². The normalized spacial score (nSPS) is 15.5. The molecule has 3 aromatic rings. The zero-order valence-electron chi connectivity index (χ0n) is 17.9. The highest BCUT2D eigenvalue weighted by Crippen LogP contribution is 2.43. The fourth-order valence-electron chi connectivity index (χ4n) is 3.92. The molecule has 0 saturated heterocycles. The molecule has 0 radical (unpaired) electrons. The maximum atomic E-state index is 13.7. The van der Waals surface area contributed by atoms with Crippen molar-refractivity contribution in [3.63, 3.8) is 0 Å². The lowest BCUT2D eigenvalue weighted by Crippen LogP contribution is -2.38. The molecule has 3 aromatic heterocycles. The number of pyridine rings is 1. The van der Waals surface area contributed by atoms with Gasteiger partial charge in [0, 0.05) is 23.3 Å². The largest absolute Gasteiger partial charge is 0.417 e. The lowest BCUT2D eigenvalue weighted by atomic mass is 10.1. The predicted molar refractivity (Wildman–Crippen MR) is 109 cm³/mol. The van der Waals surface area contributed by atoms with Gasteiger partial charge in [-0.2, -0.15) is 23.4 Å². The summed E-state index contributed by atoms with van der Waals surface area (Å²) in [6.45, 7) is 7.49. The number of aryl methyl sites for hydroxylation is 3. The molecule has 7 nitrogen and oxygen atoms in total. The van der Waals surface area contributed by atoms with Crippen molar-refractivity contribution in [1.82, 2.24) is 29.9 Å². The molecule has 0 aliphatic heterocycles. The van der Waals surface area contributed by atoms with E-state index in [0.717, 1.165) is 30.3 Å². The van der Waals surface area contributed by atoms with Crippen LogP contribution in [0.25, 0.3) is 11.0 Å². The van der Waals surface area contributed by atoms with Crippen molar-refractivity contribution in [2.24, 2.45) is 0 Å². The number of hydrogen-bond donors (Lipinski definition) is 1. The first-order chi connectivity index (χ1) is 14.5. The minimum Gasteiger partial charge on any atom is -0.350 e. The van der Waals surface area contributed by atoms with Gasteiger partial charge in [-0.25, -0.2) is 9.67 Å². The molecule has 4 rings (SSSR count). The van der Waals surface area contributed by atoms with Gasteiger partial charge in [-0.15, -0.1) is 0 Å². The first-order valence-corrected chi connectivity index (χ1v) is 10.3. The maximum absolute atomic E-state index is 13.7. The van der Waals surface area contributed by atoms with Crippen LogP contribution in [0, 0.1) is 20.8 Å². The lowest BCUT2D eigenvalue weighted by molar-refractivity contribution is -0.136. The molecule has 1 N–H and O–H groups in total.